The molecule has 0 atom stereocenters. The molecular weight excluding hydrogens is 306 g/mol. The number of furan rings is 1. The maximum atomic E-state index is 12.8. The van der Waals surface area contributed by atoms with Gasteiger partial charge in [0.25, 0.3) is 5.91 Å². The molecule has 0 unspecified atom stereocenters. The molecule has 2 aliphatic heterocycles. The van der Waals surface area contributed by atoms with Crippen molar-refractivity contribution in [3.8, 4) is 0 Å². The van der Waals surface area contributed by atoms with Gasteiger partial charge < -0.3 is 13.8 Å². The van der Waals surface area contributed by atoms with Gasteiger partial charge in [0.1, 0.15) is 12.0 Å². The van der Waals surface area contributed by atoms with Crippen LogP contribution in [0.3, 0.4) is 0 Å². The van der Waals surface area contributed by atoms with Crippen molar-refractivity contribution in [3.05, 3.63) is 40.7 Å². The molecule has 0 aliphatic carbocycles. The molecular formula is C18H23N3O3. The Morgan fingerprint density at radius 2 is 2.12 bits per heavy atom. The van der Waals surface area contributed by atoms with E-state index in [1.165, 1.54) is 12.8 Å². The molecule has 0 aromatic carbocycles. The Bertz CT molecular complexity index is 728. The minimum Gasteiger partial charge on any atom is -0.456 e. The van der Waals surface area contributed by atoms with E-state index in [1.54, 1.807) is 6.26 Å². The molecule has 1 amide bonds. The average molecular weight is 329 g/mol. The van der Waals surface area contributed by atoms with Crippen molar-refractivity contribution in [1.29, 1.82) is 0 Å². The lowest BCUT2D eigenvalue weighted by atomic mass is 10.1. The van der Waals surface area contributed by atoms with Gasteiger partial charge in [0.05, 0.1) is 12.2 Å². The Hall–Kier alpha value is -2.08. The molecule has 1 saturated heterocycles. The van der Waals surface area contributed by atoms with Gasteiger partial charge >= 0.3 is 0 Å². The molecule has 4 rings (SSSR count). The largest absolute Gasteiger partial charge is 0.456 e. The Kier molecular flexibility index (Phi) is 4.14. The van der Waals surface area contributed by atoms with Crippen LogP contribution in [0.2, 0.25) is 0 Å². The summed E-state index contributed by atoms with van der Waals surface area (Å²) in [6.07, 6.45) is 5.71. The van der Waals surface area contributed by atoms with Gasteiger partial charge in [0.15, 0.2) is 5.76 Å². The normalized spacial score (nSPS) is 18.1. The molecule has 1 fully saturated rings. The summed E-state index contributed by atoms with van der Waals surface area (Å²) in [5.41, 5.74) is 3.11. The van der Waals surface area contributed by atoms with E-state index >= 15 is 0 Å². The Morgan fingerprint density at radius 3 is 2.92 bits per heavy atom. The highest BCUT2D eigenvalue weighted by Gasteiger charge is 2.27. The molecule has 0 spiro atoms. The second kappa shape index (κ2) is 6.43. The first-order chi connectivity index (χ1) is 11.7. The lowest BCUT2D eigenvalue weighted by molar-refractivity contribution is 0.0700. The molecule has 2 aromatic rings. The number of carbonyl (C=O) groups is 1. The van der Waals surface area contributed by atoms with Crippen molar-refractivity contribution in [2.45, 2.75) is 45.7 Å². The fraction of sp³-hybridized carbons (Fsp3) is 0.556. The van der Waals surface area contributed by atoms with Gasteiger partial charge in [-0.25, -0.2) is 0 Å². The van der Waals surface area contributed by atoms with Crippen LogP contribution in [0.4, 0.5) is 0 Å². The van der Waals surface area contributed by atoms with E-state index in [4.69, 9.17) is 8.94 Å². The molecule has 2 aliphatic rings. The molecule has 128 valence electrons. The minimum atomic E-state index is -0.0378. The van der Waals surface area contributed by atoms with Crippen molar-refractivity contribution >= 4 is 5.91 Å². The Morgan fingerprint density at radius 1 is 1.29 bits per heavy atom. The third-order valence-electron chi connectivity index (χ3n) is 5.02. The predicted molar refractivity (Wildman–Crippen MR) is 87.5 cm³/mol. The Balaban J connectivity index is 1.51. The second-order valence-corrected chi connectivity index (χ2v) is 6.66. The SMILES string of the molecule is CCc1oc(C(=O)N2CCc3nocc3C2)cc1CN1CCCC1. The smallest absolute Gasteiger partial charge is 0.289 e. The van der Waals surface area contributed by atoms with Crippen LogP contribution in [-0.2, 0) is 25.9 Å². The van der Waals surface area contributed by atoms with Crippen LogP contribution in [-0.4, -0.2) is 40.5 Å². The van der Waals surface area contributed by atoms with Crippen molar-refractivity contribution < 1.29 is 13.7 Å². The third kappa shape index (κ3) is 2.86. The summed E-state index contributed by atoms with van der Waals surface area (Å²) in [7, 11) is 0. The fourth-order valence-electron chi connectivity index (χ4n) is 3.66. The maximum Gasteiger partial charge on any atom is 0.289 e. The van der Waals surface area contributed by atoms with Crippen molar-refractivity contribution in [2.24, 2.45) is 0 Å². The van der Waals surface area contributed by atoms with Crippen LogP contribution in [0.1, 0.15) is 52.9 Å². The monoisotopic (exact) mass is 329 g/mol. The zero-order chi connectivity index (χ0) is 16.5. The van der Waals surface area contributed by atoms with Crippen LogP contribution in [0.5, 0.6) is 0 Å². The summed E-state index contributed by atoms with van der Waals surface area (Å²) in [6, 6.07) is 1.95. The summed E-state index contributed by atoms with van der Waals surface area (Å²) in [5, 5.41) is 3.97. The van der Waals surface area contributed by atoms with Crippen molar-refractivity contribution in [1.82, 2.24) is 15.0 Å². The topological polar surface area (TPSA) is 62.7 Å². The summed E-state index contributed by atoms with van der Waals surface area (Å²) in [6.45, 7) is 6.43. The van der Waals surface area contributed by atoms with Gasteiger partial charge in [0.2, 0.25) is 0 Å². The van der Waals surface area contributed by atoms with E-state index in [0.717, 1.165) is 55.1 Å². The van der Waals surface area contributed by atoms with Gasteiger partial charge in [-0.3, -0.25) is 9.69 Å². The number of likely N-dealkylation sites (tertiary alicyclic amines) is 1. The van der Waals surface area contributed by atoms with Gasteiger partial charge in [0, 0.05) is 37.1 Å². The highest BCUT2D eigenvalue weighted by molar-refractivity contribution is 5.92. The molecule has 4 heterocycles. The van der Waals surface area contributed by atoms with Crippen molar-refractivity contribution in [2.75, 3.05) is 19.6 Å². The number of aryl methyl sites for hydroxylation is 1. The van der Waals surface area contributed by atoms with Crippen LogP contribution < -0.4 is 0 Å². The lowest BCUT2D eigenvalue weighted by Gasteiger charge is -2.24. The molecule has 0 N–H and O–H groups in total. The predicted octanol–water partition coefficient (Wildman–Crippen LogP) is 2.62. The maximum absolute atomic E-state index is 12.8. The van der Waals surface area contributed by atoms with Crippen LogP contribution >= 0.6 is 0 Å². The summed E-state index contributed by atoms with van der Waals surface area (Å²) < 4.78 is 10.9. The first-order valence-electron chi connectivity index (χ1n) is 8.80. The zero-order valence-corrected chi connectivity index (χ0v) is 14.1. The highest BCUT2D eigenvalue weighted by atomic mass is 16.5. The minimum absolute atomic E-state index is 0.0378. The molecule has 0 saturated carbocycles. The average Bonchev–Trinajstić information content (AvgIpc) is 3.34. The molecule has 24 heavy (non-hydrogen) atoms. The van der Waals surface area contributed by atoms with E-state index in [0.29, 0.717) is 18.8 Å². The van der Waals surface area contributed by atoms with Gasteiger partial charge in [-0.05, 0) is 32.0 Å². The van der Waals surface area contributed by atoms with Crippen LogP contribution in [0.15, 0.2) is 21.3 Å². The molecule has 6 nitrogen and oxygen atoms in total. The van der Waals surface area contributed by atoms with Crippen LogP contribution in [0.25, 0.3) is 0 Å². The van der Waals surface area contributed by atoms with E-state index in [2.05, 4.69) is 17.0 Å². The van der Waals surface area contributed by atoms with Crippen molar-refractivity contribution in [3.63, 3.8) is 0 Å². The molecule has 0 radical (unpaired) electrons. The lowest BCUT2D eigenvalue weighted by Crippen LogP contribution is -2.35. The van der Waals surface area contributed by atoms with E-state index in [-0.39, 0.29) is 5.91 Å². The first-order valence-corrected chi connectivity index (χ1v) is 8.80. The summed E-state index contributed by atoms with van der Waals surface area (Å²) in [5.74, 6) is 1.36. The molecule has 0 bridgehead atoms. The summed E-state index contributed by atoms with van der Waals surface area (Å²) >= 11 is 0. The number of fused-ring (bicyclic) bond motifs is 1. The van der Waals surface area contributed by atoms with E-state index in [1.807, 2.05) is 11.0 Å². The van der Waals surface area contributed by atoms with Gasteiger partial charge in [-0.1, -0.05) is 12.1 Å². The standard InChI is InChI=1S/C18H23N3O3/c1-2-16-13(10-20-6-3-4-7-20)9-17(24-16)18(22)21-8-5-15-14(11-21)12-23-19-15/h9,12H,2-8,10-11H2,1H3. The highest BCUT2D eigenvalue weighted by Crippen LogP contribution is 2.24. The van der Waals surface area contributed by atoms with Gasteiger partial charge in [-0.2, -0.15) is 0 Å². The quantitative estimate of drug-likeness (QED) is 0.863. The van der Waals surface area contributed by atoms with E-state index in [9.17, 15) is 4.79 Å². The second-order valence-electron chi connectivity index (χ2n) is 6.66. The first kappa shape index (κ1) is 15.4. The molecule has 6 heteroatoms. The third-order valence-corrected chi connectivity index (χ3v) is 5.02. The number of carbonyl (C=O) groups excluding carboxylic acids is 1. The number of rotatable bonds is 4. The number of hydrogen-bond acceptors (Lipinski definition) is 5. The molecule has 2 aromatic heterocycles. The zero-order valence-electron chi connectivity index (χ0n) is 14.1. The Labute approximate surface area is 141 Å². The number of amides is 1. The summed E-state index contributed by atoms with van der Waals surface area (Å²) in [4.78, 5) is 17.1. The number of nitrogens with zero attached hydrogens (tertiary/aromatic N) is 3. The number of aromatic nitrogens is 1. The van der Waals surface area contributed by atoms with E-state index < -0.39 is 0 Å². The van der Waals surface area contributed by atoms with Gasteiger partial charge in [-0.15, -0.1) is 0 Å². The number of hydrogen-bond donors (Lipinski definition) is 0. The fourth-order valence-corrected chi connectivity index (χ4v) is 3.66. The van der Waals surface area contributed by atoms with Crippen LogP contribution in [0, 0.1) is 0 Å².